The molecule has 1 amide bonds. The summed E-state index contributed by atoms with van der Waals surface area (Å²) in [4.78, 5) is 27.7. The molecule has 1 aromatic heterocycles. The van der Waals surface area contributed by atoms with Crippen molar-refractivity contribution in [2.24, 2.45) is 0 Å². The minimum absolute atomic E-state index is 0.191. The third-order valence-corrected chi connectivity index (χ3v) is 5.23. The van der Waals surface area contributed by atoms with E-state index in [0.717, 1.165) is 55.3 Å². The zero-order chi connectivity index (χ0) is 17.4. The predicted molar refractivity (Wildman–Crippen MR) is 93.2 cm³/mol. The van der Waals surface area contributed by atoms with Gasteiger partial charge in [-0.3, -0.25) is 9.59 Å². The van der Waals surface area contributed by atoms with Gasteiger partial charge in [0.1, 0.15) is 0 Å². The first-order valence-corrected chi connectivity index (χ1v) is 8.69. The van der Waals surface area contributed by atoms with E-state index in [2.05, 4.69) is 16.4 Å². The first kappa shape index (κ1) is 15.6. The number of nitriles is 1. The number of pyridine rings is 1. The number of rotatable bonds is 3. The molecule has 2 N–H and O–H groups in total. The van der Waals surface area contributed by atoms with Crippen molar-refractivity contribution in [2.75, 3.05) is 0 Å². The Bertz CT molecular complexity index is 948. The van der Waals surface area contributed by atoms with Gasteiger partial charge in [0.25, 0.3) is 5.91 Å². The number of hydrogen-bond acceptors (Lipinski definition) is 3. The monoisotopic (exact) mass is 333 g/mol. The topological polar surface area (TPSA) is 85.8 Å². The molecule has 2 aliphatic carbocycles. The van der Waals surface area contributed by atoms with Crippen LogP contribution < -0.4 is 10.9 Å². The van der Waals surface area contributed by atoms with Crippen molar-refractivity contribution in [1.82, 2.24) is 10.3 Å². The van der Waals surface area contributed by atoms with Gasteiger partial charge in [0, 0.05) is 17.3 Å². The highest BCUT2D eigenvalue weighted by Gasteiger charge is 2.46. The smallest absolute Gasteiger partial charge is 0.252 e. The molecule has 0 aliphatic heterocycles. The predicted octanol–water partition coefficient (Wildman–Crippen LogP) is 2.54. The SMILES string of the molecule is N#Cc1cccc(C2(NC(=O)c3cc(=O)[nH]c4c3CCCC4)CC2)c1. The van der Waals surface area contributed by atoms with E-state index in [1.165, 1.54) is 6.07 Å². The Balaban J connectivity index is 1.66. The first-order chi connectivity index (χ1) is 12.1. The number of aryl methyl sites for hydroxylation is 1. The van der Waals surface area contributed by atoms with Gasteiger partial charge in [-0.1, -0.05) is 12.1 Å². The zero-order valence-electron chi connectivity index (χ0n) is 13.9. The molecule has 2 aliphatic rings. The molecule has 5 nitrogen and oxygen atoms in total. The van der Waals surface area contributed by atoms with Crippen molar-refractivity contribution in [3.05, 3.63) is 68.6 Å². The Morgan fingerprint density at radius 3 is 2.76 bits per heavy atom. The van der Waals surface area contributed by atoms with Crippen LogP contribution in [-0.4, -0.2) is 10.9 Å². The fraction of sp³-hybridized carbons (Fsp3) is 0.350. The molecular formula is C20H19N3O2. The van der Waals surface area contributed by atoms with Gasteiger partial charge in [-0.25, -0.2) is 0 Å². The number of hydrogen-bond donors (Lipinski definition) is 2. The van der Waals surface area contributed by atoms with Gasteiger partial charge < -0.3 is 10.3 Å². The lowest BCUT2D eigenvalue weighted by atomic mass is 9.91. The summed E-state index contributed by atoms with van der Waals surface area (Å²) in [5.41, 5.74) is 3.30. The molecule has 5 heteroatoms. The Morgan fingerprint density at radius 2 is 2.00 bits per heavy atom. The molecule has 1 saturated carbocycles. The molecular weight excluding hydrogens is 314 g/mol. The largest absolute Gasteiger partial charge is 0.343 e. The minimum atomic E-state index is -0.409. The first-order valence-electron chi connectivity index (χ1n) is 8.69. The number of aromatic nitrogens is 1. The quantitative estimate of drug-likeness (QED) is 0.905. The summed E-state index contributed by atoms with van der Waals surface area (Å²) >= 11 is 0. The maximum Gasteiger partial charge on any atom is 0.252 e. The average molecular weight is 333 g/mol. The van der Waals surface area contributed by atoms with E-state index in [9.17, 15) is 9.59 Å². The summed E-state index contributed by atoms with van der Waals surface area (Å²) in [6.45, 7) is 0. The van der Waals surface area contributed by atoms with E-state index in [1.807, 2.05) is 18.2 Å². The van der Waals surface area contributed by atoms with Gasteiger partial charge in [0.15, 0.2) is 0 Å². The minimum Gasteiger partial charge on any atom is -0.343 e. The van der Waals surface area contributed by atoms with Crippen LogP contribution in [0.4, 0.5) is 0 Å². The molecule has 1 aromatic carbocycles. The lowest BCUT2D eigenvalue weighted by Gasteiger charge is -2.22. The molecule has 4 rings (SSSR count). The normalized spacial score (nSPS) is 17.2. The lowest BCUT2D eigenvalue weighted by Crippen LogP contribution is -2.36. The van der Waals surface area contributed by atoms with Gasteiger partial charge in [-0.05, 0) is 61.8 Å². The molecule has 2 aromatic rings. The Hall–Kier alpha value is -2.87. The molecule has 25 heavy (non-hydrogen) atoms. The van der Waals surface area contributed by atoms with E-state index >= 15 is 0 Å². The maximum atomic E-state index is 12.9. The number of amides is 1. The van der Waals surface area contributed by atoms with E-state index in [-0.39, 0.29) is 11.5 Å². The second-order valence-corrected chi connectivity index (χ2v) is 6.94. The van der Waals surface area contributed by atoms with E-state index in [0.29, 0.717) is 11.1 Å². The van der Waals surface area contributed by atoms with Crippen molar-refractivity contribution in [3.8, 4) is 6.07 Å². The summed E-state index contributed by atoms with van der Waals surface area (Å²) in [7, 11) is 0. The molecule has 126 valence electrons. The zero-order valence-corrected chi connectivity index (χ0v) is 13.9. The number of carbonyl (C=O) groups is 1. The van der Waals surface area contributed by atoms with Crippen LogP contribution in [0, 0.1) is 11.3 Å². The number of nitrogens with zero attached hydrogens (tertiary/aromatic N) is 1. The lowest BCUT2D eigenvalue weighted by molar-refractivity contribution is 0.0929. The summed E-state index contributed by atoms with van der Waals surface area (Å²) in [5, 5.41) is 12.2. The third kappa shape index (κ3) is 2.85. The van der Waals surface area contributed by atoms with Crippen molar-refractivity contribution in [2.45, 2.75) is 44.1 Å². The van der Waals surface area contributed by atoms with Gasteiger partial charge in [0.2, 0.25) is 5.56 Å². The standard InChI is InChI=1S/C20H19N3O2/c21-12-13-4-3-5-14(10-13)20(8-9-20)23-19(25)16-11-18(24)22-17-7-2-1-6-15(16)17/h3-5,10-11H,1-2,6-9H2,(H,22,24)(H,23,25). The van der Waals surface area contributed by atoms with Gasteiger partial charge in [-0.2, -0.15) is 5.26 Å². The van der Waals surface area contributed by atoms with E-state index in [4.69, 9.17) is 5.26 Å². The van der Waals surface area contributed by atoms with Crippen LogP contribution in [0.25, 0.3) is 0 Å². The number of fused-ring (bicyclic) bond motifs is 1. The van der Waals surface area contributed by atoms with Crippen molar-refractivity contribution in [1.29, 1.82) is 5.26 Å². The summed E-state index contributed by atoms with van der Waals surface area (Å²) in [6.07, 6.45) is 5.42. The van der Waals surface area contributed by atoms with Gasteiger partial charge >= 0.3 is 0 Å². The molecule has 0 atom stereocenters. The molecule has 0 spiro atoms. The van der Waals surface area contributed by atoms with Gasteiger partial charge in [-0.15, -0.1) is 0 Å². The number of aromatic amines is 1. The maximum absolute atomic E-state index is 12.9. The second-order valence-electron chi connectivity index (χ2n) is 6.94. The molecule has 0 radical (unpaired) electrons. The second kappa shape index (κ2) is 5.89. The van der Waals surface area contributed by atoms with Crippen molar-refractivity contribution in [3.63, 3.8) is 0 Å². The summed E-state index contributed by atoms with van der Waals surface area (Å²) in [6, 6.07) is 10.9. The fourth-order valence-electron chi connectivity index (χ4n) is 3.73. The van der Waals surface area contributed by atoms with Crippen LogP contribution in [-0.2, 0) is 18.4 Å². The van der Waals surface area contributed by atoms with Crippen LogP contribution in [0.15, 0.2) is 35.1 Å². The van der Waals surface area contributed by atoms with Crippen LogP contribution in [0.3, 0.4) is 0 Å². The van der Waals surface area contributed by atoms with Gasteiger partial charge in [0.05, 0.1) is 17.2 Å². The molecule has 0 bridgehead atoms. The molecule has 1 fully saturated rings. The Kier molecular flexibility index (Phi) is 3.69. The van der Waals surface area contributed by atoms with Crippen LogP contribution >= 0.6 is 0 Å². The van der Waals surface area contributed by atoms with Crippen molar-refractivity contribution >= 4 is 5.91 Å². The molecule has 0 unspecified atom stereocenters. The fourth-order valence-corrected chi connectivity index (χ4v) is 3.73. The molecule has 0 saturated heterocycles. The highest BCUT2D eigenvalue weighted by atomic mass is 16.2. The average Bonchev–Trinajstić information content (AvgIpc) is 3.41. The van der Waals surface area contributed by atoms with E-state index < -0.39 is 5.54 Å². The highest BCUT2D eigenvalue weighted by molar-refractivity contribution is 5.96. The number of carbonyl (C=O) groups excluding carboxylic acids is 1. The number of nitrogens with one attached hydrogen (secondary N) is 2. The molecule has 1 heterocycles. The van der Waals surface area contributed by atoms with Crippen LogP contribution in [0.5, 0.6) is 0 Å². The van der Waals surface area contributed by atoms with Crippen LogP contribution in [0.1, 0.15) is 58.4 Å². The third-order valence-electron chi connectivity index (χ3n) is 5.23. The number of H-pyrrole nitrogens is 1. The Labute approximate surface area is 145 Å². The number of benzene rings is 1. The Morgan fingerprint density at radius 1 is 1.20 bits per heavy atom. The summed E-state index contributed by atoms with van der Waals surface area (Å²) < 4.78 is 0. The highest BCUT2D eigenvalue weighted by Crippen LogP contribution is 2.46. The summed E-state index contributed by atoms with van der Waals surface area (Å²) in [5.74, 6) is -0.191. The van der Waals surface area contributed by atoms with Crippen molar-refractivity contribution < 1.29 is 4.79 Å². The van der Waals surface area contributed by atoms with E-state index in [1.54, 1.807) is 6.07 Å². The van der Waals surface area contributed by atoms with Crippen LogP contribution in [0.2, 0.25) is 0 Å².